The second kappa shape index (κ2) is 7.72. The minimum absolute atomic E-state index is 0.0571. The summed E-state index contributed by atoms with van der Waals surface area (Å²) < 4.78 is 0. The molecule has 3 aromatic rings. The molecule has 0 aliphatic heterocycles. The van der Waals surface area contributed by atoms with E-state index < -0.39 is 0 Å². The molecule has 0 radical (unpaired) electrons. The Bertz CT molecular complexity index is 868. The number of carbonyl (C=O) groups excluding carboxylic acids is 1. The summed E-state index contributed by atoms with van der Waals surface area (Å²) in [6.07, 6.45) is 0.832. The van der Waals surface area contributed by atoms with Gasteiger partial charge in [-0.15, -0.1) is 0 Å². The third-order valence-corrected chi connectivity index (χ3v) is 4.42. The van der Waals surface area contributed by atoms with Crippen molar-refractivity contribution in [1.29, 1.82) is 0 Å². The Morgan fingerprint density at radius 3 is 2.60 bits per heavy atom. The third-order valence-electron chi connectivity index (χ3n) is 4.19. The van der Waals surface area contributed by atoms with Crippen molar-refractivity contribution in [3.63, 3.8) is 0 Å². The van der Waals surface area contributed by atoms with Crippen LogP contribution in [0.2, 0.25) is 5.02 Å². The predicted molar refractivity (Wildman–Crippen MR) is 102 cm³/mol. The Hall–Kier alpha value is -2.30. The van der Waals surface area contributed by atoms with Crippen molar-refractivity contribution in [2.45, 2.75) is 13.3 Å². The first-order chi connectivity index (χ1) is 12.2. The van der Waals surface area contributed by atoms with Gasteiger partial charge < -0.3 is 15.0 Å². The van der Waals surface area contributed by atoms with Crippen LogP contribution < -0.4 is 0 Å². The first-order valence-electron chi connectivity index (χ1n) is 8.42. The molecule has 1 heterocycles. The van der Waals surface area contributed by atoms with Crippen molar-refractivity contribution in [1.82, 2.24) is 9.88 Å². The number of aliphatic hydroxyl groups is 1. The lowest BCUT2D eigenvalue weighted by Crippen LogP contribution is -2.34. The van der Waals surface area contributed by atoms with Crippen LogP contribution in [0, 0.1) is 0 Å². The number of H-pyrrole nitrogens is 1. The molecule has 0 bridgehead atoms. The summed E-state index contributed by atoms with van der Waals surface area (Å²) in [5, 5.41) is 10.8. The zero-order chi connectivity index (χ0) is 17.8. The van der Waals surface area contributed by atoms with E-state index in [2.05, 4.69) is 4.98 Å². The second-order valence-electron chi connectivity index (χ2n) is 5.95. The molecule has 1 amide bonds. The molecule has 2 N–H and O–H groups in total. The molecule has 0 aliphatic rings. The van der Waals surface area contributed by atoms with Crippen LogP contribution in [-0.2, 0) is 0 Å². The number of nitrogens with zero attached hydrogens (tertiary/aromatic N) is 1. The molecule has 0 fully saturated rings. The highest BCUT2D eigenvalue weighted by atomic mass is 35.5. The number of amides is 1. The molecule has 0 saturated heterocycles. The average molecular weight is 357 g/mol. The Morgan fingerprint density at radius 2 is 1.92 bits per heavy atom. The van der Waals surface area contributed by atoms with E-state index in [-0.39, 0.29) is 12.5 Å². The summed E-state index contributed by atoms with van der Waals surface area (Å²) in [6, 6.07) is 15.4. The molecule has 0 saturated carbocycles. The maximum atomic E-state index is 13.1. The highest BCUT2D eigenvalue weighted by molar-refractivity contribution is 6.31. The van der Waals surface area contributed by atoms with Gasteiger partial charge in [-0.3, -0.25) is 4.79 Å². The number of rotatable bonds is 6. The van der Waals surface area contributed by atoms with E-state index in [1.807, 2.05) is 49.4 Å². The number of aliphatic hydroxyl groups excluding tert-OH is 1. The van der Waals surface area contributed by atoms with Gasteiger partial charge in [0.2, 0.25) is 0 Å². The monoisotopic (exact) mass is 356 g/mol. The van der Waals surface area contributed by atoms with Crippen LogP contribution in [0.1, 0.15) is 23.8 Å². The van der Waals surface area contributed by atoms with E-state index in [4.69, 9.17) is 11.6 Å². The lowest BCUT2D eigenvalue weighted by atomic mass is 10.0. The summed E-state index contributed by atoms with van der Waals surface area (Å²) in [6.45, 7) is 2.87. The SMILES string of the molecule is CCCN(CCO)C(=O)c1[nH]c2ccc(Cl)cc2c1-c1ccccc1. The van der Waals surface area contributed by atoms with Gasteiger partial charge in [-0.25, -0.2) is 0 Å². The van der Waals surface area contributed by atoms with Crippen LogP contribution >= 0.6 is 11.6 Å². The number of hydrogen-bond donors (Lipinski definition) is 2. The Kier molecular flexibility index (Phi) is 5.41. The first-order valence-corrected chi connectivity index (χ1v) is 8.80. The van der Waals surface area contributed by atoms with Crippen LogP contribution in [0.5, 0.6) is 0 Å². The smallest absolute Gasteiger partial charge is 0.271 e. The predicted octanol–water partition coefficient (Wildman–Crippen LogP) is 4.33. The van der Waals surface area contributed by atoms with E-state index in [0.29, 0.717) is 23.8 Å². The quantitative estimate of drug-likeness (QED) is 0.690. The lowest BCUT2D eigenvalue weighted by molar-refractivity contribution is 0.0718. The number of aromatic nitrogens is 1. The number of aromatic amines is 1. The van der Waals surface area contributed by atoms with Crippen molar-refractivity contribution >= 4 is 28.4 Å². The maximum Gasteiger partial charge on any atom is 0.271 e. The average Bonchev–Trinajstić information content (AvgIpc) is 3.00. The number of carbonyl (C=O) groups is 1. The minimum atomic E-state index is -0.109. The normalized spacial score (nSPS) is 11.0. The topological polar surface area (TPSA) is 56.3 Å². The van der Waals surface area contributed by atoms with Crippen molar-refractivity contribution < 1.29 is 9.90 Å². The van der Waals surface area contributed by atoms with Gasteiger partial charge in [0.15, 0.2) is 0 Å². The Balaban J connectivity index is 2.18. The lowest BCUT2D eigenvalue weighted by Gasteiger charge is -2.21. The zero-order valence-electron chi connectivity index (χ0n) is 14.1. The van der Waals surface area contributed by atoms with Crippen molar-refractivity contribution in [2.75, 3.05) is 19.7 Å². The molecule has 0 atom stereocenters. The molecule has 1 aromatic heterocycles. The third kappa shape index (κ3) is 3.55. The largest absolute Gasteiger partial charge is 0.395 e. The summed E-state index contributed by atoms with van der Waals surface area (Å²) in [5.74, 6) is -0.109. The molecule has 25 heavy (non-hydrogen) atoms. The van der Waals surface area contributed by atoms with Gasteiger partial charge in [0.1, 0.15) is 5.69 Å². The van der Waals surface area contributed by atoms with Gasteiger partial charge in [0, 0.05) is 34.6 Å². The molecule has 0 spiro atoms. The van der Waals surface area contributed by atoms with Crippen LogP contribution in [0.15, 0.2) is 48.5 Å². The molecular formula is C20H21ClN2O2. The number of nitrogens with one attached hydrogen (secondary N) is 1. The Morgan fingerprint density at radius 1 is 1.16 bits per heavy atom. The van der Waals surface area contributed by atoms with E-state index in [0.717, 1.165) is 28.5 Å². The molecule has 0 aliphatic carbocycles. The summed E-state index contributed by atoms with van der Waals surface area (Å²) in [4.78, 5) is 18.1. The van der Waals surface area contributed by atoms with Crippen molar-refractivity contribution in [3.8, 4) is 11.1 Å². The van der Waals surface area contributed by atoms with Gasteiger partial charge in [0.05, 0.1) is 6.61 Å². The zero-order valence-corrected chi connectivity index (χ0v) is 14.9. The molecule has 2 aromatic carbocycles. The standard InChI is InChI=1S/C20H21ClN2O2/c1-2-10-23(11-12-24)20(25)19-18(14-6-4-3-5-7-14)16-13-15(21)8-9-17(16)22-19/h3-9,13,22,24H,2,10-12H2,1H3. The van der Waals surface area contributed by atoms with Crippen LogP contribution in [0.4, 0.5) is 0 Å². The molecule has 0 unspecified atom stereocenters. The highest BCUT2D eigenvalue weighted by Crippen LogP contribution is 2.34. The molecule has 4 nitrogen and oxygen atoms in total. The van der Waals surface area contributed by atoms with Crippen molar-refractivity contribution in [2.24, 2.45) is 0 Å². The summed E-state index contributed by atoms with van der Waals surface area (Å²) in [5.41, 5.74) is 3.21. The highest BCUT2D eigenvalue weighted by Gasteiger charge is 2.23. The number of halogens is 1. The Labute approximate surface area is 152 Å². The minimum Gasteiger partial charge on any atom is -0.395 e. The van der Waals surface area contributed by atoms with E-state index in [9.17, 15) is 9.90 Å². The van der Waals surface area contributed by atoms with Gasteiger partial charge in [-0.1, -0.05) is 48.9 Å². The van der Waals surface area contributed by atoms with Crippen LogP contribution in [0.3, 0.4) is 0 Å². The number of benzene rings is 2. The van der Waals surface area contributed by atoms with E-state index >= 15 is 0 Å². The van der Waals surface area contributed by atoms with Crippen molar-refractivity contribution in [3.05, 3.63) is 59.2 Å². The number of hydrogen-bond acceptors (Lipinski definition) is 2. The van der Waals surface area contributed by atoms with Gasteiger partial charge in [0.25, 0.3) is 5.91 Å². The fourth-order valence-corrected chi connectivity index (χ4v) is 3.26. The first kappa shape index (κ1) is 17.5. The van der Waals surface area contributed by atoms with Gasteiger partial charge >= 0.3 is 0 Å². The molecular weight excluding hydrogens is 336 g/mol. The van der Waals surface area contributed by atoms with Gasteiger partial charge in [-0.2, -0.15) is 0 Å². The van der Waals surface area contributed by atoms with E-state index in [1.54, 1.807) is 11.0 Å². The second-order valence-corrected chi connectivity index (χ2v) is 6.38. The van der Waals surface area contributed by atoms with Crippen LogP contribution in [-0.4, -0.2) is 40.6 Å². The molecule has 130 valence electrons. The summed E-state index contributed by atoms with van der Waals surface area (Å²) in [7, 11) is 0. The molecule has 3 rings (SSSR count). The fourth-order valence-electron chi connectivity index (χ4n) is 3.09. The maximum absolute atomic E-state index is 13.1. The summed E-state index contributed by atoms with van der Waals surface area (Å²) >= 11 is 6.19. The van der Waals surface area contributed by atoms with Crippen LogP contribution in [0.25, 0.3) is 22.0 Å². The molecule has 5 heteroatoms. The fraction of sp³-hybridized carbons (Fsp3) is 0.250. The van der Waals surface area contributed by atoms with Gasteiger partial charge in [-0.05, 0) is 30.2 Å². The number of fused-ring (bicyclic) bond motifs is 1. The van der Waals surface area contributed by atoms with E-state index in [1.165, 1.54) is 0 Å².